The lowest BCUT2D eigenvalue weighted by Gasteiger charge is -2.12. The zero-order chi connectivity index (χ0) is 13.3. The maximum absolute atomic E-state index is 12.4. The summed E-state index contributed by atoms with van der Waals surface area (Å²) in [5.74, 6) is 0.631. The molecule has 1 aromatic carbocycles. The number of aromatic nitrogens is 2. The van der Waals surface area contributed by atoms with Crippen LogP contribution in [0.5, 0.6) is 5.75 Å². The summed E-state index contributed by atoms with van der Waals surface area (Å²) in [5.41, 5.74) is 1.28. The highest BCUT2D eigenvalue weighted by molar-refractivity contribution is 7.99. The van der Waals surface area contributed by atoms with Crippen LogP contribution in [0.1, 0.15) is 6.92 Å². The number of rotatable bonds is 3. The van der Waals surface area contributed by atoms with E-state index in [0.717, 1.165) is 6.92 Å². The second-order valence-electron chi connectivity index (χ2n) is 3.73. The van der Waals surface area contributed by atoms with Crippen LogP contribution in [0.2, 0.25) is 0 Å². The number of benzene rings is 1. The number of nitrogens with one attached hydrogen (secondary N) is 1. The fourth-order valence-electron chi connectivity index (χ4n) is 1.38. The van der Waals surface area contributed by atoms with Gasteiger partial charge in [-0.15, -0.1) is 0 Å². The fraction of sp³-hybridized carbons (Fsp3) is 0.364. The molecule has 7 heteroatoms. The van der Waals surface area contributed by atoms with Crippen LogP contribution in [0.25, 0.3) is 11.0 Å². The van der Waals surface area contributed by atoms with Crippen LogP contribution >= 0.6 is 11.8 Å². The van der Waals surface area contributed by atoms with E-state index in [4.69, 9.17) is 4.74 Å². The maximum Gasteiger partial charge on any atom is 0.400 e. The van der Waals surface area contributed by atoms with E-state index in [1.807, 2.05) is 0 Å². The Bertz CT molecular complexity index is 553. The van der Waals surface area contributed by atoms with Crippen molar-refractivity contribution in [3.63, 3.8) is 0 Å². The van der Waals surface area contributed by atoms with Crippen molar-refractivity contribution in [2.75, 3.05) is 7.11 Å². The highest BCUT2D eigenvalue weighted by atomic mass is 32.2. The number of fused-ring (bicyclic) bond motifs is 1. The number of imidazole rings is 1. The van der Waals surface area contributed by atoms with Gasteiger partial charge >= 0.3 is 6.18 Å². The number of methoxy groups -OCH3 is 1. The average Bonchev–Trinajstić information content (AvgIpc) is 2.68. The number of hydrogen-bond acceptors (Lipinski definition) is 3. The molecule has 0 spiro atoms. The molecule has 18 heavy (non-hydrogen) atoms. The molecule has 0 radical (unpaired) electrons. The van der Waals surface area contributed by atoms with Crippen molar-refractivity contribution in [1.82, 2.24) is 9.97 Å². The van der Waals surface area contributed by atoms with Crippen molar-refractivity contribution in [2.45, 2.75) is 23.5 Å². The summed E-state index contributed by atoms with van der Waals surface area (Å²) in [6, 6.07) is 5.11. The SMILES string of the molecule is COc1ccc2nc(S[C@@H](C)C(F)(F)F)[nH]c2c1. The summed E-state index contributed by atoms with van der Waals surface area (Å²) in [6.45, 7) is 1.11. The summed E-state index contributed by atoms with van der Waals surface area (Å²) in [6.07, 6.45) is -4.23. The first-order valence-electron chi connectivity index (χ1n) is 5.17. The first-order chi connectivity index (χ1) is 8.40. The van der Waals surface area contributed by atoms with E-state index >= 15 is 0 Å². The predicted molar refractivity (Wildman–Crippen MR) is 64.0 cm³/mol. The number of thioether (sulfide) groups is 1. The molecule has 0 saturated carbocycles. The Kier molecular flexibility index (Phi) is 3.43. The smallest absolute Gasteiger partial charge is 0.400 e. The van der Waals surface area contributed by atoms with Gasteiger partial charge in [0.05, 0.1) is 18.1 Å². The van der Waals surface area contributed by atoms with E-state index in [-0.39, 0.29) is 5.16 Å². The van der Waals surface area contributed by atoms with E-state index in [0.29, 0.717) is 28.5 Å². The Hall–Kier alpha value is -1.37. The van der Waals surface area contributed by atoms with Crippen LogP contribution in [0, 0.1) is 0 Å². The number of ether oxygens (including phenoxy) is 1. The van der Waals surface area contributed by atoms with Crippen molar-refractivity contribution in [2.24, 2.45) is 0 Å². The minimum absolute atomic E-state index is 0.253. The van der Waals surface area contributed by atoms with Crippen molar-refractivity contribution >= 4 is 22.8 Å². The third-order valence-electron chi connectivity index (χ3n) is 2.42. The van der Waals surface area contributed by atoms with Crippen molar-refractivity contribution < 1.29 is 17.9 Å². The lowest BCUT2D eigenvalue weighted by atomic mass is 10.3. The standard InChI is InChI=1S/C11H11F3N2OS/c1-6(11(12,13)14)18-10-15-8-4-3-7(17-2)5-9(8)16-10/h3-6H,1-2H3,(H,15,16)/t6-/m0/s1. The zero-order valence-electron chi connectivity index (χ0n) is 9.71. The Balaban J connectivity index is 2.25. The van der Waals surface area contributed by atoms with Gasteiger partial charge in [-0.2, -0.15) is 13.2 Å². The molecular weight excluding hydrogens is 265 g/mol. The molecule has 0 aliphatic rings. The molecule has 0 unspecified atom stereocenters. The molecule has 0 aliphatic carbocycles. The van der Waals surface area contributed by atoms with Crippen LogP contribution in [0.15, 0.2) is 23.4 Å². The van der Waals surface area contributed by atoms with Gasteiger partial charge in [-0.05, 0) is 19.1 Å². The van der Waals surface area contributed by atoms with Gasteiger partial charge in [0.15, 0.2) is 5.16 Å². The monoisotopic (exact) mass is 276 g/mol. The van der Waals surface area contributed by atoms with Crippen molar-refractivity contribution in [1.29, 1.82) is 0 Å². The Morgan fingerprint density at radius 1 is 1.39 bits per heavy atom. The van der Waals surface area contributed by atoms with Crippen molar-refractivity contribution in [3.8, 4) is 5.75 Å². The number of alkyl halides is 3. The lowest BCUT2D eigenvalue weighted by Crippen LogP contribution is -2.22. The van der Waals surface area contributed by atoms with Crippen LogP contribution in [0.3, 0.4) is 0 Å². The maximum atomic E-state index is 12.4. The third kappa shape index (κ3) is 2.72. The number of H-pyrrole nitrogens is 1. The highest BCUT2D eigenvalue weighted by Crippen LogP contribution is 2.34. The molecule has 0 bridgehead atoms. The molecule has 98 valence electrons. The van der Waals surface area contributed by atoms with Crippen LogP contribution in [-0.2, 0) is 0 Å². The fourth-order valence-corrected chi connectivity index (χ4v) is 2.17. The van der Waals surface area contributed by atoms with Crippen LogP contribution in [0.4, 0.5) is 13.2 Å². The molecule has 2 aromatic rings. The van der Waals surface area contributed by atoms with Gasteiger partial charge in [-0.1, -0.05) is 11.8 Å². The Labute approximate surface area is 106 Å². The molecule has 0 amide bonds. The molecule has 1 aromatic heterocycles. The van der Waals surface area contributed by atoms with Crippen LogP contribution < -0.4 is 4.74 Å². The average molecular weight is 276 g/mol. The van der Waals surface area contributed by atoms with E-state index < -0.39 is 11.4 Å². The van der Waals surface area contributed by atoms with E-state index in [1.54, 1.807) is 18.2 Å². The Morgan fingerprint density at radius 2 is 2.11 bits per heavy atom. The van der Waals surface area contributed by atoms with E-state index in [9.17, 15) is 13.2 Å². The van der Waals surface area contributed by atoms with E-state index in [2.05, 4.69) is 9.97 Å². The molecule has 1 N–H and O–H groups in total. The molecule has 3 nitrogen and oxygen atoms in total. The third-order valence-corrected chi connectivity index (χ3v) is 3.45. The summed E-state index contributed by atoms with van der Waals surface area (Å²) in [7, 11) is 1.53. The van der Waals surface area contributed by atoms with Crippen LogP contribution in [-0.4, -0.2) is 28.5 Å². The van der Waals surface area contributed by atoms with Gasteiger partial charge in [0.25, 0.3) is 0 Å². The van der Waals surface area contributed by atoms with Gasteiger partial charge in [0.2, 0.25) is 0 Å². The molecule has 2 rings (SSSR count). The largest absolute Gasteiger partial charge is 0.497 e. The first-order valence-corrected chi connectivity index (χ1v) is 6.05. The second kappa shape index (κ2) is 4.72. The second-order valence-corrected chi connectivity index (χ2v) is 5.06. The van der Waals surface area contributed by atoms with Gasteiger partial charge in [0.1, 0.15) is 11.0 Å². The number of hydrogen-bond donors (Lipinski definition) is 1. The van der Waals surface area contributed by atoms with Crippen molar-refractivity contribution in [3.05, 3.63) is 18.2 Å². The zero-order valence-corrected chi connectivity index (χ0v) is 10.5. The minimum atomic E-state index is -4.23. The molecule has 1 atom stereocenters. The quantitative estimate of drug-likeness (QED) is 0.870. The van der Waals surface area contributed by atoms with Gasteiger partial charge in [0, 0.05) is 6.07 Å². The minimum Gasteiger partial charge on any atom is -0.497 e. The lowest BCUT2D eigenvalue weighted by molar-refractivity contribution is -0.125. The molecule has 0 saturated heterocycles. The van der Waals surface area contributed by atoms with Gasteiger partial charge < -0.3 is 9.72 Å². The first kappa shape index (κ1) is 13.1. The molecule has 0 aliphatic heterocycles. The summed E-state index contributed by atoms with van der Waals surface area (Å²) < 4.78 is 42.3. The summed E-state index contributed by atoms with van der Waals surface area (Å²) >= 11 is 0.657. The molecule has 0 fully saturated rings. The summed E-state index contributed by atoms with van der Waals surface area (Å²) in [4.78, 5) is 6.94. The number of nitrogens with zero attached hydrogens (tertiary/aromatic N) is 1. The topological polar surface area (TPSA) is 37.9 Å². The predicted octanol–water partition coefficient (Wildman–Crippen LogP) is 3.61. The van der Waals surface area contributed by atoms with Gasteiger partial charge in [-0.3, -0.25) is 0 Å². The number of aromatic amines is 1. The number of halogens is 3. The summed E-state index contributed by atoms with van der Waals surface area (Å²) in [5, 5.41) is -1.25. The normalized spacial score (nSPS) is 13.8. The Morgan fingerprint density at radius 3 is 2.72 bits per heavy atom. The molecule has 1 heterocycles. The highest BCUT2D eigenvalue weighted by Gasteiger charge is 2.37. The molecular formula is C11H11F3N2OS. The van der Waals surface area contributed by atoms with Gasteiger partial charge in [-0.25, -0.2) is 4.98 Å². The van der Waals surface area contributed by atoms with E-state index in [1.165, 1.54) is 7.11 Å².